The molecule has 0 aliphatic carbocycles. The lowest BCUT2D eigenvalue weighted by Crippen LogP contribution is -2.20. The van der Waals surface area contributed by atoms with Gasteiger partial charge in [0.05, 0.1) is 0 Å². The summed E-state index contributed by atoms with van der Waals surface area (Å²) in [5.41, 5.74) is 16.5. The van der Waals surface area contributed by atoms with E-state index in [0.717, 1.165) is 5.56 Å². The van der Waals surface area contributed by atoms with Crippen LogP contribution in [0, 0.1) is 0 Å². The van der Waals surface area contributed by atoms with Crippen molar-refractivity contribution in [2.24, 2.45) is 11.5 Å². The molecule has 0 amide bonds. The van der Waals surface area contributed by atoms with Gasteiger partial charge in [-0.2, -0.15) is 0 Å². The Hall–Kier alpha value is -1.64. The van der Waals surface area contributed by atoms with Crippen molar-refractivity contribution in [2.75, 3.05) is 6.54 Å². The quantitative estimate of drug-likeness (QED) is 0.840. The number of benzene rings is 2. The first-order valence-corrected chi connectivity index (χ1v) is 7.39. The van der Waals surface area contributed by atoms with Crippen molar-refractivity contribution in [1.29, 1.82) is 0 Å². The highest BCUT2D eigenvalue weighted by molar-refractivity contribution is 5.64. The van der Waals surface area contributed by atoms with E-state index in [1.165, 1.54) is 36.0 Å². The Kier molecular flexibility index (Phi) is 5.33. The number of hydrogen-bond donors (Lipinski definition) is 2. The molecule has 0 saturated carbocycles. The predicted octanol–water partition coefficient (Wildman–Crippen LogP) is 3.65. The fourth-order valence-corrected chi connectivity index (χ4v) is 2.30. The van der Waals surface area contributed by atoms with Gasteiger partial charge in [-0.25, -0.2) is 0 Å². The van der Waals surface area contributed by atoms with Gasteiger partial charge in [0.2, 0.25) is 0 Å². The third-order valence-corrected chi connectivity index (χ3v) is 3.70. The maximum absolute atomic E-state index is 5.92. The van der Waals surface area contributed by atoms with Gasteiger partial charge in [-0.05, 0) is 35.1 Å². The molecule has 0 aliphatic heterocycles. The fraction of sp³-hybridized carbons (Fsp3) is 0.333. The summed E-state index contributed by atoms with van der Waals surface area (Å²) in [5.74, 6) is 0. The lowest BCUT2D eigenvalue weighted by molar-refractivity contribution is 0.737. The molecule has 2 rings (SSSR count). The Labute approximate surface area is 121 Å². The number of aryl methyl sites for hydroxylation is 1. The molecule has 106 valence electrons. The van der Waals surface area contributed by atoms with Crippen LogP contribution < -0.4 is 11.5 Å². The smallest absolute Gasteiger partial charge is 0.0419 e. The average Bonchev–Trinajstić information content (AvgIpc) is 2.53. The van der Waals surface area contributed by atoms with Gasteiger partial charge in [-0.15, -0.1) is 0 Å². The van der Waals surface area contributed by atoms with E-state index in [1.807, 2.05) is 0 Å². The summed E-state index contributed by atoms with van der Waals surface area (Å²) in [7, 11) is 0. The average molecular weight is 268 g/mol. The Balaban J connectivity index is 2.11. The standard InChI is InChI=1S/C18H24N2/c1-2-3-4-14-5-7-15(8-6-14)16-9-11-17(12-10-16)18(20)13-19/h5-12,18H,2-4,13,19-20H2,1H3. The number of hydrogen-bond acceptors (Lipinski definition) is 2. The van der Waals surface area contributed by atoms with E-state index >= 15 is 0 Å². The van der Waals surface area contributed by atoms with Crippen LogP contribution in [0.5, 0.6) is 0 Å². The monoisotopic (exact) mass is 268 g/mol. The summed E-state index contributed by atoms with van der Waals surface area (Å²) in [4.78, 5) is 0. The summed E-state index contributed by atoms with van der Waals surface area (Å²) >= 11 is 0. The van der Waals surface area contributed by atoms with Crippen LogP contribution in [-0.2, 0) is 6.42 Å². The molecule has 0 bridgehead atoms. The molecular weight excluding hydrogens is 244 g/mol. The van der Waals surface area contributed by atoms with Gasteiger partial charge in [0.1, 0.15) is 0 Å². The van der Waals surface area contributed by atoms with Crippen LogP contribution in [0.15, 0.2) is 48.5 Å². The Morgan fingerprint density at radius 3 is 1.95 bits per heavy atom. The Bertz CT molecular complexity index is 514. The van der Waals surface area contributed by atoms with Crippen molar-refractivity contribution in [3.63, 3.8) is 0 Å². The molecule has 0 heterocycles. The van der Waals surface area contributed by atoms with Gasteiger partial charge in [0.15, 0.2) is 0 Å². The Morgan fingerprint density at radius 1 is 0.900 bits per heavy atom. The van der Waals surface area contributed by atoms with E-state index in [-0.39, 0.29) is 6.04 Å². The molecule has 0 radical (unpaired) electrons. The molecule has 2 nitrogen and oxygen atoms in total. The summed E-state index contributed by atoms with van der Waals surface area (Å²) in [6.07, 6.45) is 3.66. The first kappa shape index (κ1) is 14.8. The van der Waals surface area contributed by atoms with Crippen molar-refractivity contribution < 1.29 is 0 Å². The second-order valence-corrected chi connectivity index (χ2v) is 5.26. The highest BCUT2D eigenvalue weighted by atomic mass is 14.7. The minimum atomic E-state index is -0.0690. The third kappa shape index (κ3) is 3.69. The second-order valence-electron chi connectivity index (χ2n) is 5.26. The van der Waals surface area contributed by atoms with Crippen LogP contribution in [-0.4, -0.2) is 6.54 Å². The highest BCUT2D eigenvalue weighted by Crippen LogP contribution is 2.22. The first-order chi connectivity index (χ1) is 9.74. The molecule has 0 aromatic heterocycles. The molecule has 1 unspecified atom stereocenters. The lowest BCUT2D eigenvalue weighted by Gasteiger charge is -2.10. The minimum Gasteiger partial charge on any atom is -0.329 e. The van der Waals surface area contributed by atoms with E-state index in [9.17, 15) is 0 Å². The van der Waals surface area contributed by atoms with Crippen molar-refractivity contribution >= 4 is 0 Å². The SMILES string of the molecule is CCCCc1ccc(-c2ccc(C(N)CN)cc2)cc1. The van der Waals surface area contributed by atoms with Gasteiger partial charge in [-0.3, -0.25) is 0 Å². The van der Waals surface area contributed by atoms with Crippen LogP contribution >= 0.6 is 0 Å². The summed E-state index contributed by atoms with van der Waals surface area (Å²) in [6, 6.07) is 17.1. The lowest BCUT2D eigenvalue weighted by atomic mass is 9.99. The van der Waals surface area contributed by atoms with Crippen LogP contribution in [0.25, 0.3) is 11.1 Å². The molecule has 0 fully saturated rings. The van der Waals surface area contributed by atoms with E-state index in [4.69, 9.17) is 11.5 Å². The van der Waals surface area contributed by atoms with Crippen LogP contribution in [0.1, 0.15) is 36.9 Å². The molecule has 2 aromatic rings. The number of unbranched alkanes of at least 4 members (excludes halogenated alkanes) is 1. The summed E-state index contributed by atoms with van der Waals surface area (Å²) in [6.45, 7) is 2.70. The molecule has 20 heavy (non-hydrogen) atoms. The molecule has 1 atom stereocenters. The van der Waals surface area contributed by atoms with Crippen LogP contribution in [0.2, 0.25) is 0 Å². The van der Waals surface area contributed by atoms with E-state index < -0.39 is 0 Å². The molecule has 2 heteroatoms. The Morgan fingerprint density at radius 2 is 1.45 bits per heavy atom. The molecule has 4 N–H and O–H groups in total. The molecule has 0 spiro atoms. The maximum Gasteiger partial charge on any atom is 0.0419 e. The summed E-state index contributed by atoms with van der Waals surface area (Å²) in [5, 5.41) is 0. The van der Waals surface area contributed by atoms with Crippen molar-refractivity contribution in [3.8, 4) is 11.1 Å². The second kappa shape index (κ2) is 7.22. The van der Waals surface area contributed by atoms with Gasteiger partial charge in [0, 0.05) is 12.6 Å². The molecule has 0 saturated heterocycles. The van der Waals surface area contributed by atoms with Crippen LogP contribution in [0.4, 0.5) is 0 Å². The van der Waals surface area contributed by atoms with Gasteiger partial charge in [0.25, 0.3) is 0 Å². The maximum atomic E-state index is 5.92. The van der Waals surface area contributed by atoms with Crippen molar-refractivity contribution in [3.05, 3.63) is 59.7 Å². The predicted molar refractivity (Wildman–Crippen MR) is 86.5 cm³/mol. The first-order valence-electron chi connectivity index (χ1n) is 7.39. The van der Waals surface area contributed by atoms with E-state index in [1.54, 1.807) is 0 Å². The van der Waals surface area contributed by atoms with Gasteiger partial charge < -0.3 is 11.5 Å². The molecule has 2 aromatic carbocycles. The zero-order valence-corrected chi connectivity index (χ0v) is 12.2. The van der Waals surface area contributed by atoms with E-state index in [0.29, 0.717) is 6.54 Å². The van der Waals surface area contributed by atoms with Gasteiger partial charge >= 0.3 is 0 Å². The molecule has 0 aliphatic rings. The minimum absolute atomic E-state index is 0.0690. The van der Waals surface area contributed by atoms with Crippen LogP contribution in [0.3, 0.4) is 0 Å². The number of nitrogens with two attached hydrogens (primary N) is 2. The topological polar surface area (TPSA) is 52.0 Å². The zero-order valence-electron chi connectivity index (χ0n) is 12.2. The third-order valence-electron chi connectivity index (χ3n) is 3.70. The normalized spacial score (nSPS) is 12.3. The highest BCUT2D eigenvalue weighted by Gasteiger charge is 2.04. The van der Waals surface area contributed by atoms with Gasteiger partial charge in [-0.1, -0.05) is 61.9 Å². The zero-order chi connectivity index (χ0) is 14.4. The van der Waals surface area contributed by atoms with E-state index in [2.05, 4.69) is 55.5 Å². The van der Waals surface area contributed by atoms with Crippen molar-refractivity contribution in [1.82, 2.24) is 0 Å². The largest absolute Gasteiger partial charge is 0.329 e. The fourth-order valence-electron chi connectivity index (χ4n) is 2.30. The van der Waals surface area contributed by atoms with Crippen molar-refractivity contribution in [2.45, 2.75) is 32.2 Å². The molecular formula is C18H24N2. The summed E-state index contributed by atoms with van der Waals surface area (Å²) < 4.78 is 0. The number of rotatable bonds is 6.